The van der Waals surface area contributed by atoms with Gasteiger partial charge >= 0.3 is 0 Å². The quantitative estimate of drug-likeness (QED) is 0.797. The molecule has 18 heavy (non-hydrogen) atoms. The summed E-state index contributed by atoms with van der Waals surface area (Å²) in [6.45, 7) is 4.00. The number of hydrogen-bond acceptors (Lipinski definition) is 4. The Hall–Kier alpha value is -1.89. The molecule has 1 rings (SSSR count). The van der Waals surface area contributed by atoms with Crippen LogP contribution in [0.15, 0.2) is 29.2 Å². The lowest BCUT2D eigenvalue weighted by Gasteiger charge is -2.20. The Morgan fingerprint density at radius 2 is 1.61 bits per heavy atom. The molecule has 2 amide bonds. The van der Waals surface area contributed by atoms with Crippen molar-refractivity contribution in [2.45, 2.75) is 25.7 Å². The molecule has 0 atom stereocenters. The van der Waals surface area contributed by atoms with E-state index >= 15 is 0 Å². The zero-order valence-corrected chi connectivity index (χ0v) is 11.1. The number of nitrogens with one attached hydrogen (secondary N) is 1. The fourth-order valence-corrected chi connectivity index (χ4v) is 2.54. The van der Waals surface area contributed by atoms with Gasteiger partial charge in [0.25, 0.3) is 15.9 Å². The Morgan fingerprint density at radius 3 is 2.00 bits per heavy atom. The average molecular weight is 270 g/mol. The fourth-order valence-electron chi connectivity index (χ4n) is 1.27. The molecule has 98 valence electrons. The van der Waals surface area contributed by atoms with Crippen LogP contribution in [-0.4, -0.2) is 24.6 Å². The topological polar surface area (TPSA) is 83.6 Å². The van der Waals surface area contributed by atoms with Crippen LogP contribution in [-0.2, 0) is 19.6 Å². The first-order valence-corrected chi connectivity index (χ1v) is 6.59. The smallest absolute Gasteiger partial charge is 0.274 e. The number of carbonyl (C=O) groups is 2. The molecule has 0 aliphatic carbocycles. The largest absolute Gasteiger partial charge is 0.284 e. The van der Waals surface area contributed by atoms with E-state index in [0.717, 1.165) is 19.4 Å². The lowest BCUT2D eigenvalue weighted by Crippen LogP contribution is -2.47. The maximum atomic E-state index is 12.1. The van der Waals surface area contributed by atoms with Crippen LogP contribution in [0.2, 0.25) is 0 Å². The number of hydrogen-bond donors (Lipinski definition) is 1. The van der Waals surface area contributed by atoms with Crippen molar-refractivity contribution in [1.82, 2.24) is 9.84 Å². The van der Waals surface area contributed by atoms with Gasteiger partial charge in [0.15, 0.2) is 0 Å². The monoisotopic (exact) mass is 270 g/mol. The summed E-state index contributed by atoms with van der Waals surface area (Å²) >= 11 is 0. The lowest BCUT2D eigenvalue weighted by atomic mass is 10.2. The average Bonchev–Trinajstić information content (AvgIpc) is 2.25. The molecule has 0 fully saturated rings. The fraction of sp³-hybridized carbons (Fsp3) is 0.273. The second-order valence-electron chi connectivity index (χ2n) is 3.77. The van der Waals surface area contributed by atoms with Crippen molar-refractivity contribution in [3.8, 4) is 0 Å². The van der Waals surface area contributed by atoms with E-state index in [1.54, 1.807) is 12.1 Å². The van der Waals surface area contributed by atoms with Crippen molar-refractivity contribution in [3.05, 3.63) is 29.8 Å². The number of aryl methyl sites for hydroxylation is 1. The molecule has 0 heterocycles. The van der Waals surface area contributed by atoms with E-state index in [0.29, 0.717) is 4.41 Å². The summed E-state index contributed by atoms with van der Waals surface area (Å²) in [5, 5.41) is 0. The summed E-state index contributed by atoms with van der Waals surface area (Å²) in [6.07, 6.45) is 0. The van der Waals surface area contributed by atoms with Gasteiger partial charge in [-0.05, 0) is 19.1 Å². The van der Waals surface area contributed by atoms with E-state index in [4.69, 9.17) is 0 Å². The van der Waals surface area contributed by atoms with Gasteiger partial charge < -0.3 is 0 Å². The minimum Gasteiger partial charge on any atom is -0.274 e. The third kappa shape index (κ3) is 3.07. The first-order chi connectivity index (χ1) is 8.25. The standard InChI is InChI=1S/C11H14N2O4S/c1-8-4-6-11(7-5-8)18(16,17)13(10(3)15)12-9(2)14/h4-7H,1-3H3,(H,12,14). The number of carbonyl (C=O) groups excluding carboxylic acids is 2. The molecule has 6 nitrogen and oxygen atoms in total. The van der Waals surface area contributed by atoms with Gasteiger partial charge in [-0.2, -0.15) is 8.42 Å². The molecular weight excluding hydrogens is 256 g/mol. The summed E-state index contributed by atoms with van der Waals surface area (Å²) in [4.78, 5) is 22.2. The molecule has 1 N–H and O–H groups in total. The number of amides is 2. The van der Waals surface area contributed by atoms with Gasteiger partial charge in [-0.25, -0.2) is 0 Å². The molecule has 7 heteroatoms. The highest BCUT2D eigenvalue weighted by Crippen LogP contribution is 2.14. The normalized spacial score (nSPS) is 10.8. The molecular formula is C11H14N2O4S. The van der Waals surface area contributed by atoms with E-state index in [-0.39, 0.29) is 4.90 Å². The van der Waals surface area contributed by atoms with Gasteiger partial charge in [0, 0.05) is 13.8 Å². The second kappa shape index (κ2) is 5.18. The van der Waals surface area contributed by atoms with Gasteiger partial charge in [-0.3, -0.25) is 15.0 Å². The number of sulfonamides is 1. The van der Waals surface area contributed by atoms with Crippen LogP contribution in [0.1, 0.15) is 19.4 Å². The molecule has 0 unspecified atom stereocenters. The van der Waals surface area contributed by atoms with Crippen LogP contribution in [0.25, 0.3) is 0 Å². The Balaban J connectivity index is 3.21. The van der Waals surface area contributed by atoms with Gasteiger partial charge in [0.05, 0.1) is 4.90 Å². The summed E-state index contributed by atoms with van der Waals surface area (Å²) in [7, 11) is -4.06. The Labute approximate surface area is 106 Å². The highest BCUT2D eigenvalue weighted by atomic mass is 32.2. The molecule has 0 saturated heterocycles. The summed E-state index contributed by atoms with van der Waals surface area (Å²) in [5.74, 6) is -1.42. The van der Waals surface area contributed by atoms with Crippen molar-refractivity contribution in [2.75, 3.05) is 0 Å². The van der Waals surface area contributed by atoms with E-state index < -0.39 is 21.8 Å². The third-order valence-corrected chi connectivity index (χ3v) is 3.80. The van der Waals surface area contributed by atoms with Crippen molar-refractivity contribution in [2.24, 2.45) is 0 Å². The van der Waals surface area contributed by atoms with Gasteiger partial charge in [-0.1, -0.05) is 17.7 Å². The third-order valence-electron chi connectivity index (χ3n) is 2.10. The molecule has 0 spiro atoms. The molecule has 0 saturated carbocycles. The minimum absolute atomic E-state index is 0.0583. The first kappa shape index (κ1) is 14.2. The van der Waals surface area contributed by atoms with Crippen molar-refractivity contribution < 1.29 is 18.0 Å². The predicted molar refractivity (Wildman–Crippen MR) is 64.7 cm³/mol. The molecule has 0 bridgehead atoms. The zero-order chi connectivity index (χ0) is 13.9. The SMILES string of the molecule is CC(=O)NN(C(C)=O)S(=O)(=O)c1ccc(C)cc1. The number of benzene rings is 1. The minimum atomic E-state index is -4.06. The number of hydrazine groups is 1. The van der Waals surface area contributed by atoms with E-state index in [9.17, 15) is 18.0 Å². The van der Waals surface area contributed by atoms with E-state index in [2.05, 4.69) is 0 Å². The maximum Gasteiger partial charge on any atom is 0.284 e. The Bertz CT molecular complexity index is 563. The lowest BCUT2D eigenvalue weighted by molar-refractivity contribution is -0.133. The van der Waals surface area contributed by atoms with Crippen LogP contribution in [0, 0.1) is 6.92 Å². The Kier molecular flexibility index (Phi) is 4.07. The molecule has 1 aromatic carbocycles. The van der Waals surface area contributed by atoms with Crippen LogP contribution >= 0.6 is 0 Å². The molecule has 0 radical (unpaired) electrons. The maximum absolute atomic E-state index is 12.1. The molecule has 0 aliphatic heterocycles. The van der Waals surface area contributed by atoms with Crippen LogP contribution in [0.5, 0.6) is 0 Å². The van der Waals surface area contributed by atoms with Crippen molar-refractivity contribution >= 4 is 21.8 Å². The summed E-state index contributed by atoms with van der Waals surface area (Å²) < 4.78 is 24.6. The highest BCUT2D eigenvalue weighted by molar-refractivity contribution is 7.89. The highest BCUT2D eigenvalue weighted by Gasteiger charge is 2.27. The van der Waals surface area contributed by atoms with Gasteiger partial charge in [0.1, 0.15) is 0 Å². The predicted octanol–water partition coefficient (Wildman–Crippen LogP) is 0.583. The summed E-state index contributed by atoms with van der Waals surface area (Å²) in [5.41, 5.74) is 2.88. The second-order valence-corrected chi connectivity index (χ2v) is 5.56. The first-order valence-electron chi connectivity index (χ1n) is 5.15. The van der Waals surface area contributed by atoms with Gasteiger partial charge in [0.2, 0.25) is 5.91 Å². The van der Waals surface area contributed by atoms with Crippen LogP contribution in [0.3, 0.4) is 0 Å². The van der Waals surface area contributed by atoms with E-state index in [1.165, 1.54) is 12.1 Å². The van der Waals surface area contributed by atoms with Gasteiger partial charge in [-0.15, -0.1) is 4.41 Å². The van der Waals surface area contributed by atoms with Crippen LogP contribution < -0.4 is 5.43 Å². The van der Waals surface area contributed by atoms with E-state index in [1.807, 2.05) is 12.3 Å². The zero-order valence-electron chi connectivity index (χ0n) is 10.3. The Morgan fingerprint density at radius 1 is 1.11 bits per heavy atom. The number of rotatable bonds is 2. The van der Waals surface area contributed by atoms with Crippen molar-refractivity contribution in [3.63, 3.8) is 0 Å². The molecule has 0 aromatic heterocycles. The van der Waals surface area contributed by atoms with Crippen molar-refractivity contribution in [1.29, 1.82) is 0 Å². The molecule has 0 aliphatic rings. The number of nitrogens with zero attached hydrogens (tertiary/aromatic N) is 1. The summed E-state index contributed by atoms with van der Waals surface area (Å²) in [6, 6.07) is 5.97. The molecule has 1 aromatic rings. The van der Waals surface area contributed by atoms with Crippen LogP contribution in [0.4, 0.5) is 0 Å².